The molecule has 0 aliphatic carbocycles. The lowest BCUT2D eigenvalue weighted by atomic mass is 10.2. The number of benzene rings is 1. The molecule has 0 heterocycles. The molecule has 0 radical (unpaired) electrons. The maximum absolute atomic E-state index is 13.0. The Balaban J connectivity index is 2.41. The van der Waals surface area contributed by atoms with Gasteiger partial charge in [0.15, 0.2) is 0 Å². The van der Waals surface area contributed by atoms with E-state index >= 15 is 0 Å². The number of carbonyl (C=O) groups is 1. The number of carbonyl (C=O) groups excluding carboxylic acids is 1. The number of hydrogen-bond acceptors (Lipinski definition) is 4. The Kier molecular flexibility index (Phi) is 6.70. The zero-order valence-electron chi connectivity index (χ0n) is 11.6. The van der Waals surface area contributed by atoms with Gasteiger partial charge in [-0.25, -0.2) is 21.9 Å². The average Bonchev–Trinajstić information content (AvgIpc) is 2.41. The standard InChI is InChI=1S/C13H17F2NO4S/c1-20-13(17)5-3-2-4-6-16-21(18,19)12-8-10(14)7-11(15)9-12/h7-9,16H,2-6H2,1H3. The molecule has 0 saturated carbocycles. The van der Waals surface area contributed by atoms with Gasteiger partial charge in [-0.05, 0) is 25.0 Å². The summed E-state index contributed by atoms with van der Waals surface area (Å²) in [6.07, 6.45) is 2.00. The van der Waals surface area contributed by atoms with Crippen molar-refractivity contribution >= 4 is 16.0 Å². The van der Waals surface area contributed by atoms with Crippen molar-refractivity contribution in [3.63, 3.8) is 0 Å². The molecule has 0 aliphatic rings. The minimum atomic E-state index is -3.94. The Morgan fingerprint density at radius 1 is 1.14 bits per heavy atom. The third-order valence-corrected chi connectivity index (χ3v) is 4.16. The molecule has 0 bridgehead atoms. The Bertz CT molecular complexity index is 570. The van der Waals surface area contributed by atoms with Crippen LogP contribution in [0.25, 0.3) is 0 Å². The van der Waals surface area contributed by atoms with Gasteiger partial charge in [0.2, 0.25) is 10.0 Å². The van der Waals surface area contributed by atoms with Crippen molar-refractivity contribution in [2.24, 2.45) is 0 Å². The number of halogens is 2. The molecule has 0 atom stereocenters. The number of hydrogen-bond donors (Lipinski definition) is 1. The van der Waals surface area contributed by atoms with Gasteiger partial charge in [-0.3, -0.25) is 4.79 Å². The van der Waals surface area contributed by atoms with Crippen LogP contribution in [0.4, 0.5) is 8.78 Å². The third-order valence-electron chi connectivity index (χ3n) is 2.72. The van der Waals surface area contributed by atoms with Crippen molar-refractivity contribution in [3.8, 4) is 0 Å². The van der Waals surface area contributed by atoms with Crippen molar-refractivity contribution in [1.82, 2.24) is 4.72 Å². The molecule has 8 heteroatoms. The van der Waals surface area contributed by atoms with Crippen LogP contribution in [-0.4, -0.2) is 28.0 Å². The quantitative estimate of drug-likeness (QED) is 0.587. The summed E-state index contributed by atoms with van der Waals surface area (Å²) in [5.74, 6) is -2.22. The Morgan fingerprint density at radius 3 is 2.33 bits per heavy atom. The number of sulfonamides is 1. The van der Waals surface area contributed by atoms with Crippen LogP contribution in [0, 0.1) is 11.6 Å². The molecule has 118 valence electrons. The smallest absolute Gasteiger partial charge is 0.305 e. The molecule has 0 saturated heterocycles. The van der Waals surface area contributed by atoms with Crippen LogP contribution in [0.15, 0.2) is 23.1 Å². The van der Waals surface area contributed by atoms with Crippen molar-refractivity contribution in [2.45, 2.75) is 30.6 Å². The number of methoxy groups -OCH3 is 1. The van der Waals surface area contributed by atoms with Crippen molar-refractivity contribution < 1.29 is 26.7 Å². The lowest BCUT2D eigenvalue weighted by Crippen LogP contribution is -2.25. The van der Waals surface area contributed by atoms with E-state index in [1.807, 2.05) is 0 Å². The zero-order valence-corrected chi connectivity index (χ0v) is 12.4. The molecular formula is C13H17F2NO4S. The molecular weight excluding hydrogens is 304 g/mol. The first kappa shape index (κ1) is 17.5. The van der Waals surface area contributed by atoms with E-state index in [9.17, 15) is 22.0 Å². The fourth-order valence-electron chi connectivity index (χ4n) is 1.65. The molecule has 1 aromatic carbocycles. The second-order valence-corrected chi connectivity index (χ2v) is 6.16. The summed E-state index contributed by atoms with van der Waals surface area (Å²) < 4.78 is 56.3. The zero-order chi connectivity index (χ0) is 15.9. The Hall–Kier alpha value is -1.54. The highest BCUT2D eigenvalue weighted by molar-refractivity contribution is 7.89. The van der Waals surface area contributed by atoms with Crippen LogP contribution < -0.4 is 4.72 Å². The second kappa shape index (κ2) is 8.04. The van der Waals surface area contributed by atoms with Crippen LogP contribution in [-0.2, 0) is 19.6 Å². The van der Waals surface area contributed by atoms with Crippen molar-refractivity contribution in [3.05, 3.63) is 29.8 Å². The van der Waals surface area contributed by atoms with Gasteiger partial charge in [0.1, 0.15) is 11.6 Å². The fourth-order valence-corrected chi connectivity index (χ4v) is 2.76. The van der Waals surface area contributed by atoms with E-state index in [0.29, 0.717) is 25.3 Å². The maximum Gasteiger partial charge on any atom is 0.305 e. The summed E-state index contributed by atoms with van der Waals surface area (Å²) in [4.78, 5) is 10.4. The van der Waals surface area contributed by atoms with Crippen LogP contribution >= 0.6 is 0 Å². The Labute approximate surface area is 122 Å². The minimum absolute atomic E-state index is 0.127. The van der Waals surface area contributed by atoms with E-state index in [1.54, 1.807) is 0 Å². The summed E-state index contributed by atoms with van der Waals surface area (Å²) in [7, 11) is -2.63. The number of unbranched alkanes of at least 4 members (excludes halogenated alkanes) is 2. The van der Waals surface area contributed by atoms with E-state index in [0.717, 1.165) is 12.1 Å². The first-order valence-electron chi connectivity index (χ1n) is 6.38. The highest BCUT2D eigenvalue weighted by atomic mass is 32.2. The highest BCUT2D eigenvalue weighted by Crippen LogP contribution is 2.13. The summed E-state index contributed by atoms with van der Waals surface area (Å²) in [5.41, 5.74) is 0. The lowest BCUT2D eigenvalue weighted by Gasteiger charge is -2.07. The normalized spacial score (nSPS) is 11.4. The molecule has 5 nitrogen and oxygen atoms in total. The van der Waals surface area contributed by atoms with Gasteiger partial charge >= 0.3 is 5.97 Å². The molecule has 0 unspecified atom stereocenters. The van der Waals surface area contributed by atoms with E-state index in [1.165, 1.54) is 7.11 Å². The largest absolute Gasteiger partial charge is 0.469 e. The van der Waals surface area contributed by atoms with Gasteiger partial charge in [0, 0.05) is 19.0 Å². The van der Waals surface area contributed by atoms with Gasteiger partial charge < -0.3 is 4.74 Å². The Morgan fingerprint density at radius 2 is 1.76 bits per heavy atom. The average molecular weight is 321 g/mol. The van der Waals surface area contributed by atoms with E-state index in [2.05, 4.69) is 9.46 Å². The van der Waals surface area contributed by atoms with E-state index < -0.39 is 26.6 Å². The van der Waals surface area contributed by atoms with Gasteiger partial charge in [-0.1, -0.05) is 6.42 Å². The molecule has 0 aliphatic heterocycles. The molecule has 0 aromatic heterocycles. The second-order valence-electron chi connectivity index (χ2n) is 4.39. The highest BCUT2D eigenvalue weighted by Gasteiger charge is 2.15. The predicted molar refractivity (Wildman–Crippen MR) is 72.0 cm³/mol. The monoisotopic (exact) mass is 321 g/mol. The van der Waals surface area contributed by atoms with Crippen LogP contribution in [0.3, 0.4) is 0 Å². The maximum atomic E-state index is 13.0. The first-order valence-corrected chi connectivity index (χ1v) is 7.86. The van der Waals surface area contributed by atoms with Crippen LogP contribution in [0.5, 0.6) is 0 Å². The van der Waals surface area contributed by atoms with Gasteiger partial charge in [-0.2, -0.15) is 0 Å². The molecule has 0 fully saturated rings. The SMILES string of the molecule is COC(=O)CCCCCNS(=O)(=O)c1cc(F)cc(F)c1. The van der Waals surface area contributed by atoms with Crippen LogP contribution in [0.2, 0.25) is 0 Å². The minimum Gasteiger partial charge on any atom is -0.469 e. The van der Waals surface area contributed by atoms with Gasteiger partial charge in [0.25, 0.3) is 0 Å². The molecule has 1 rings (SSSR count). The lowest BCUT2D eigenvalue weighted by molar-refractivity contribution is -0.140. The van der Waals surface area contributed by atoms with E-state index in [-0.39, 0.29) is 18.9 Å². The summed E-state index contributed by atoms with van der Waals surface area (Å²) in [6.45, 7) is 0.127. The third kappa shape index (κ3) is 6.17. The fraction of sp³-hybridized carbons (Fsp3) is 0.462. The van der Waals surface area contributed by atoms with Crippen molar-refractivity contribution in [1.29, 1.82) is 0 Å². The number of rotatable bonds is 8. The van der Waals surface area contributed by atoms with Gasteiger partial charge in [0.05, 0.1) is 12.0 Å². The number of nitrogens with one attached hydrogen (secondary N) is 1. The molecule has 1 N–H and O–H groups in total. The van der Waals surface area contributed by atoms with Gasteiger partial charge in [-0.15, -0.1) is 0 Å². The van der Waals surface area contributed by atoms with Crippen LogP contribution in [0.1, 0.15) is 25.7 Å². The summed E-state index contributed by atoms with van der Waals surface area (Å²) >= 11 is 0. The number of ether oxygens (including phenoxy) is 1. The molecule has 21 heavy (non-hydrogen) atoms. The molecule has 0 spiro atoms. The van der Waals surface area contributed by atoms with Crippen molar-refractivity contribution in [2.75, 3.05) is 13.7 Å². The predicted octanol–water partition coefficient (Wildman–Crippen LogP) is 1.98. The molecule has 1 aromatic rings. The molecule has 0 amide bonds. The summed E-state index contributed by atoms with van der Waals surface area (Å²) in [5, 5.41) is 0. The summed E-state index contributed by atoms with van der Waals surface area (Å²) in [6, 6.07) is 2.11. The first-order chi connectivity index (χ1) is 9.85. The van der Waals surface area contributed by atoms with E-state index in [4.69, 9.17) is 0 Å². The number of esters is 1. The topological polar surface area (TPSA) is 72.5 Å².